The molecule has 7 heteroatoms. The minimum atomic E-state index is -0.376. The van der Waals surface area contributed by atoms with Crippen LogP contribution in [0.4, 0.5) is 28.7 Å². The van der Waals surface area contributed by atoms with Crippen LogP contribution < -0.4 is 16.4 Å². The fourth-order valence-corrected chi connectivity index (χ4v) is 2.51. The molecule has 3 aromatic rings. The summed E-state index contributed by atoms with van der Waals surface area (Å²) >= 11 is 0. The lowest BCUT2D eigenvalue weighted by molar-refractivity contribution is 0.0526. The Kier molecular flexibility index (Phi) is 5.51. The molecular formula is C20H21N5O2. The molecule has 3 rings (SSSR count). The molecule has 0 aliphatic heterocycles. The van der Waals surface area contributed by atoms with Gasteiger partial charge in [-0.1, -0.05) is 24.3 Å². The summed E-state index contributed by atoms with van der Waals surface area (Å²) in [6.07, 6.45) is 1.43. The molecule has 4 N–H and O–H groups in total. The van der Waals surface area contributed by atoms with E-state index in [0.29, 0.717) is 35.2 Å². The van der Waals surface area contributed by atoms with Gasteiger partial charge < -0.3 is 21.1 Å². The quantitative estimate of drug-likeness (QED) is 0.568. The molecule has 0 amide bonds. The van der Waals surface area contributed by atoms with Crippen LogP contribution >= 0.6 is 0 Å². The van der Waals surface area contributed by atoms with Gasteiger partial charge in [-0.15, -0.1) is 0 Å². The van der Waals surface area contributed by atoms with Crippen LogP contribution in [-0.2, 0) is 4.74 Å². The number of rotatable bonds is 6. The van der Waals surface area contributed by atoms with Crippen molar-refractivity contribution in [2.24, 2.45) is 0 Å². The number of nitrogen functional groups attached to an aromatic ring is 1. The molecule has 138 valence electrons. The summed E-state index contributed by atoms with van der Waals surface area (Å²) in [5.74, 6) is 0.573. The number of aryl methyl sites for hydroxylation is 1. The van der Waals surface area contributed by atoms with Crippen LogP contribution in [0.25, 0.3) is 0 Å². The van der Waals surface area contributed by atoms with Crippen molar-refractivity contribution in [2.45, 2.75) is 13.8 Å². The average molecular weight is 363 g/mol. The molecule has 0 bridgehead atoms. The molecule has 0 spiro atoms. The van der Waals surface area contributed by atoms with Crippen LogP contribution in [-0.4, -0.2) is 22.5 Å². The highest BCUT2D eigenvalue weighted by Crippen LogP contribution is 2.29. The van der Waals surface area contributed by atoms with E-state index in [1.54, 1.807) is 25.1 Å². The number of hydrogen-bond acceptors (Lipinski definition) is 7. The van der Waals surface area contributed by atoms with Gasteiger partial charge >= 0.3 is 5.97 Å². The molecule has 27 heavy (non-hydrogen) atoms. The van der Waals surface area contributed by atoms with Gasteiger partial charge in [-0.25, -0.2) is 14.8 Å². The number of nitrogens with one attached hydrogen (secondary N) is 2. The number of benzene rings is 2. The first-order valence-corrected chi connectivity index (χ1v) is 8.56. The second-order valence-electron chi connectivity index (χ2n) is 5.85. The van der Waals surface area contributed by atoms with Crippen molar-refractivity contribution < 1.29 is 9.53 Å². The highest BCUT2D eigenvalue weighted by molar-refractivity contribution is 5.91. The van der Waals surface area contributed by atoms with Gasteiger partial charge in [0.05, 0.1) is 12.2 Å². The average Bonchev–Trinajstić information content (AvgIpc) is 2.67. The SMILES string of the molecule is CCOC(=O)c1cccc(Nc2ncnc(Nc3ccccc3C)c2N)c1. The molecule has 0 fully saturated rings. The van der Waals surface area contributed by atoms with Crippen molar-refractivity contribution in [1.29, 1.82) is 0 Å². The van der Waals surface area contributed by atoms with E-state index < -0.39 is 0 Å². The Hall–Kier alpha value is -3.61. The molecule has 0 saturated carbocycles. The normalized spacial score (nSPS) is 10.3. The lowest BCUT2D eigenvalue weighted by atomic mass is 10.2. The van der Waals surface area contributed by atoms with Crippen molar-refractivity contribution in [2.75, 3.05) is 23.0 Å². The highest BCUT2D eigenvalue weighted by atomic mass is 16.5. The fraction of sp³-hybridized carbons (Fsp3) is 0.150. The monoisotopic (exact) mass is 363 g/mol. The van der Waals surface area contributed by atoms with Crippen LogP contribution in [0.1, 0.15) is 22.8 Å². The molecule has 1 heterocycles. The number of carbonyl (C=O) groups excluding carboxylic acids is 1. The molecular weight excluding hydrogens is 342 g/mol. The molecule has 0 unspecified atom stereocenters. The second-order valence-corrected chi connectivity index (χ2v) is 5.85. The molecule has 0 atom stereocenters. The number of aromatic nitrogens is 2. The minimum absolute atomic E-state index is 0.323. The smallest absolute Gasteiger partial charge is 0.338 e. The number of hydrogen-bond donors (Lipinski definition) is 3. The Labute approximate surface area is 157 Å². The first kappa shape index (κ1) is 18.2. The van der Waals surface area contributed by atoms with Crippen molar-refractivity contribution in [3.8, 4) is 0 Å². The Morgan fingerprint density at radius 2 is 1.81 bits per heavy atom. The van der Waals surface area contributed by atoms with Gasteiger partial charge in [0.1, 0.15) is 12.0 Å². The van der Waals surface area contributed by atoms with Gasteiger partial charge in [0, 0.05) is 11.4 Å². The first-order valence-electron chi connectivity index (χ1n) is 8.56. The highest BCUT2D eigenvalue weighted by Gasteiger charge is 2.11. The van der Waals surface area contributed by atoms with E-state index in [4.69, 9.17) is 10.5 Å². The Morgan fingerprint density at radius 3 is 2.56 bits per heavy atom. The Morgan fingerprint density at radius 1 is 1.07 bits per heavy atom. The zero-order chi connectivity index (χ0) is 19.2. The summed E-state index contributed by atoms with van der Waals surface area (Å²) in [7, 11) is 0. The number of carbonyl (C=O) groups is 1. The van der Waals surface area contributed by atoms with Crippen molar-refractivity contribution in [1.82, 2.24) is 9.97 Å². The van der Waals surface area contributed by atoms with Gasteiger partial charge in [-0.3, -0.25) is 0 Å². The van der Waals surface area contributed by atoms with E-state index in [0.717, 1.165) is 11.3 Å². The van der Waals surface area contributed by atoms with Crippen LogP contribution in [0.3, 0.4) is 0 Å². The maximum absolute atomic E-state index is 11.9. The maximum atomic E-state index is 11.9. The lowest BCUT2D eigenvalue weighted by Crippen LogP contribution is -2.07. The third-order valence-corrected chi connectivity index (χ3v) is 3.92. The van der Waals surface area contributed by atoms with Crippen LogP contribution in [0.15, 0.2) is 54.9 Å². The Bertz CT molecular complexity index is 959. The summed E-state index contributed by atoms with van der Waals surface area (Å²) in [5, 5.41) is 6.35. The molecule has 0 radical (unpaired) electrons. The van der Waals surface area contributed by atoms with Crippen LogP contribution in [0, 0.1) is 6.92 Å². The number of para-hydroxylation sites is 1. The molecule has 0 aliphatic carbocycles. The van der Waals surface area contributed by atoms with Crippen molar-refractivity contribution in [3.05, 3.63) is 66.0 Å². The minimum Gasteiger partial charge on any atom is -0.462 e. The predicted molar refractivity (Wildman–Crippen MR) is 107 cm³/mol. The summed E-state index contributed by atoms with van der Waals surface area (Å²) in [5.41, 5.74) is 9.73. The summed E-state index contributed by atoms with van der Waals surface area (Å²) in [6.45, 7) is 4.09. The van der Waals surface area contributed by atoms with Gasteiger partial charge in [-0.2, -0.15) is 0 Å². The zero-order valence-corrected chi connectivity index (χ0v) is 15.2. The molecule has 2 aromatic carbocycles. The van der Waals surface area contributed by atoms with E-state index in [2.05, 4.69) is 20.6 Å². The topological polar surface area (TPSA) is 102 Å². The molecule has 0 saturated heterocycles. The zero-order valence-electron chi connectivity index (χ0n) is 15.2. The van der Waals surface area contributed by atoms with E-state index in [9.17, 15) is 4.79 Å². The Balaban J connectivity index is 1.83. The predicted octanol–water partition coefficient (Wildman–Crippen LogP) is 4.03. The van der Waals surface area contributed by atoms with Gasteiger partial charge in [-0.05, 0) is 43.7 Å². The van der Waals surface area contributed by atoms with E-state index >= 15 is 0 Å². The number of esters is 1. The van der Waals surface area contributed by atoms with E-state index in [-0.39, 0.29) is 5.97 Å². The van der Waals surface area contributed by atoms with E-state index in [1.807, 2.05) is 37.3 Å². The van der Waals surface area contributed by atoms with E-state index in [1.165, 1.54) is 6.33 Å². The van der Waals surface area contributed by atoms with Gasteiger partial charge in [0.25, 0.3) is 0 Å². The standard InChI is InChI=1S/C20H21N5O2/c1-3-27-20(26)14-8-6-9-15(11-14)24-18-17(21)19(23-12-22-18)25-16-10-5-4-7-13(16)2/h4-12H,3,21H2,1-2H3,(H2,22,23,24,25). The maximum Gasteiger partial charge on any atom is 0.338 e. The molecule has 7 nitrogen and oxygen atoms in total. The number of ether oxygens (including phenoxy) is 1. The van der Waals surface area contributed by atoms with Crippen molar-refractivity contribution >= 4 is 34.7 Å². The van der Waals surface area contributed by atoms with Gasteiger partial charge in [0.2, 0.25) is 0 Å². The number of nitrogens with zero attached hydrogens (tertiary/aromatic N) is 2. The summed E-state index contributed by atoms with van der Waals surface area (Å²) in [6, 6.07) is 14.8. The molecule has 1 aromatic heterocycles. The number of anilines is 5. The lowest BCUT2D eigenvalue weighted by Gasteiger charge is -2.14. The van der Waals surface area contributed by atoms with Gasteiger partial charge in [0.15, 0.2) is 11.6 Å². The van der Waals surface area contributed by atoms with Crippen LogP contribution in [0.5, 0.6) is 0 Å². The summed E-state index contributed by atoms with van der Waals surface area (Å²) < 4.78 is 5.03. The first-order chi connectivity index (χ1) is 13.1. The third kappa shape index (κ3) is 4.33. The largest absolute Gasteiger partial charge is 0.462 e. The fourth-order valence-electron chi connectivity index (χ4n) is 2.51. The van der Waals surface area contributed by atoms with Crippen LogP contribution in [0.2, 0.25) is 0 Å². The number of nitrogens with two attached hydrogens (primary N) is 1. The third-order valence-electron chi connectivity index (χ3n) is 3.92. The summed E-state index contributed by atoms with van der Waals surface area (Å²) in [4.78, 5) is 20.3. The van der Waals surface area contributed by atoms with Crippen molar-refractivity contribution in [3.63, 3.8) is 0 Å². The second kappa shape index (κ2) is 8.18. The molecule has 0 aliphatic rings.